The zero-order chi connectivity index (χ0) is 15.4. The fourth-order valence-electron chi connectivity index (χ4n) is 2.71. The van der Waals surface area contributed by atoms with E-state index in [2.05, 4.69) is 20.2 Å². The third kappa shape index (κ3) is 3.25. The number of nitrogens with two attached hydrogens (primary N) is 1. The van der Waals surface area contributed by atoms with Crippen molar-refractivity contribution in [2.24, 2.45) is 0 Å². The van der Waals surface area contributed by atoms with Crippen LogP contribution in [0, 0.1) is 0 Å². The summed E-state index contributed by atoms with van der Waals surface area (Å²) in [6.07, 6.45) is 5.21. The maximum absolute atomic E-state index is 6.25. The van der Waals surface area contributed by atoms with Crippen molar-refractivity contribution >= 4 is 28.9 Å². The summed E-state index contributed by atoms with van der Waals surface area (Å²) in [6.45, 7) is 2.59. The molecule has 0 unspecified atom stereocenters. The number of nitrogens with zero attached hydrogens (tertiary/aromatic N) is 3. The second kappa shape index (κ2) is 6.83. The van der Waals surface area contributed by atoms with E-state index in [0.717, 1.165) is 29.5 Å². The van der Waals surface area contributed by atoms with E-state index in [9.17, 15) is 0 Å². The van der Waals surface area contributed by atoms with Crippen LogP contribution in [-0.4, -0.2) is 23.1 Å². The summed E-state index contributed by atoms with van der Waals surface area (Å²) in [6, 6.07) is 7.74. The van der Waals surface area contributed by atoms with Crippen LogP contribution in [0.2, 0.25) is 5.02 Å². The van der Waals surface area contributed by atoms with Gasteiger partial charge in [0, 0.05) is 24.7 Å². The van der Waals surface area contributed by atoms with E-state index in [4.69, 9.17) is 17.3 Å². The van der Waals surface area contributed by atoms with Crippen molar-refractivity contribution in [1.82, 2.24) is 9.97 Å². The summed E-state index contributed by atoms with van der Waals surface area (Å²) in [5, 5.41) is 4.00. The molecular weight excluding hydrogens is 298 g/mol. The van der Waals surface area contributed by atoms with Crippen LogP contribution in [0.25, 0.3) is 0 Å². The maximum Gasteiger partial charge on any atom is 0.157 e. The van der Waals surface area contributed by atoms with E-state index < -0.39 is 0 Å². The zero-order valence-corrected chi connectivity index (χ0v) is 13.2. The fraction of sp³-hybridized carbons (Fsp3) is 0.375. The van der Waals surface area contributed by atoms with Gasteiger partial charge >= 0.3 is 0 Å². The van der Waals surface area contributed by atoms with Crippen molar-refractivity contribution in [2.45, 2.75) is 25.8 Å². The zero-order valence-electron chi connectivity index (χ0n) is 12.4. The van der Waals surface area contributed by atoms with E-state index in [-0.39, 0.29) is 0 Å². The van der Waals surface area contributed by atoms with Crippen molar-refractivity contribution in [3.05, 3.63) is 41.2 Å². The molecule has 1 fully saturated rings. The highest BCUT2D eigenvalue weighted by Gasteiger charge is 2.17. The molecule has 22 heavy (non-hydrogen) atoms. The minimum absolute atomic E-state index is 0.584. The van der Waals surface area contributed by atoms with Crippen LogP contribution in [-0.2, 0) is 6.54 Å². The van der Waals surface area contributed by atoms with Crippen molar-refractivity contribution in [1.29, 1.82) is 0 Å². The number of halogens is 1. The Morgan fingerprint density at radius 3 is 2.68 bits per heavy atom. The van der Waals surface area contributed by atoms with Gasteiger partial charge in [0.2, 0.25) is 0 Å². The number of hydrogen-bond donors (Lipinski definition) is 2. The average molecular weight is 318 g/mol. The van der Waals surface area contributed by atoms with Gasteiger partial charge in [-0.25, -0.2) is 9.97 Å². The minimum Gasteiger partial charge on any atom is -0.393 e. The Bertz CT molecular complexity index is 640. The molecule has 0 atom stereocenters. The SMILES string of the molecule is Nc1c(NCc2ccccc2Cl)ncnc1N1CCCCC1. The monoisotopic (exact) mass is 317 g/mol. The molecule has 2 aromatic rings. The van der Waals surface area contributed by atoms with Crippen molar-refractivity contribution in [3.63, 3.8) is 0 Å². The van der Waals surface area contributed by atoms with Crippen molar-refractivity contribution < 1.29 is 0 Å². The van der Waals surface area contributed by atoms with Gasteiger partial charge in [-0.1, -0.05) is 29.8 Å². The Morgan fingerprint density at radius 2 is 1.91 bits per heavy atom. The molecule has 0 spiro atoms. The van der Waals surface area contributed by atoms with E-state index in [0.29, 0.717) is 18.1 Å². The molecule has 0 bridgehead atoms. The molecule has 1 aliphatic rings. The number of benzene rings is 1. The van der Waals surface area contributed by atoms with Crippen LogP contribution in [0.1, 0.15) is 24.8 Å². The number of nitrogen functional groups attached to an aromatic ring is 1. The first-order valence-corrected chi connectivity index (χ1v) is 7.96. The number of hydrogen-bond acceptors (Lipinski definition) is 5. The lowest BCUT2D eigenvalue weighted by molar-refractivity contribution is 0.573. The highest BCUT2D eigenvalue weighted by molar-refractivity contribution is 6.31. The average Bonchev–Trinajstić information content (AvgIpc) is 2.56. The predicted molar refractivity (Wildman–Crippen MR) is 91.3 cm³/mol. The van der Waals surface area contributed by atoms with Crippen molar-refractivity contribution in [2.75, 3.05) is 29.0 Å². The molecular formula is C16H20ClN5. The molecule has 2 heterocycles. The highest BCUT2D eigenvalue weighted by Crippen LogP contribution is 2.28. The van der Waals surface area contributed by atoms with Crippen LogP contribution in [0.4, 0.5) is 17.3 Å². The first-order valence-electron chi connectivity index (χ1n) is 7.58. The molecule has 3 N–H and O–H groups in total. The van der Waals surface area contributed by atoms with E-state index in [1.807, 2.05) is 24.3 Å². The lowest BCUT2D eigenvalue weighted by Gasteiger charge is -2.28. The minimum atomic E-state index is 0.584. The standard InChI is InChI=1S/C16H20ClN5/c17-13-7-3-2-6-12(13)10-19-15-14(18)16(21-11-20-15)22-8-4-1-5-9-22/h2-3,6-7,11H,1,4-5,8-10,18H2,(H,19,20,21). The molecule has 6 heteroatoms. The third-order valence-electron chi connectivity index (χ3n) is 3.92. The quantitative estimate of drug-likeness (QED) is 0.905. The normalized spacial score (nSPS) is 14.9. The number of anilines is 3. The summed E-state index contributed by atoms with van der Waals surface area (Å²) < 4.78 is 0. The second-order valence-corrected chi connectivity index (χ2v) is 5.86. The van der Waals surface area contributed by atoms with Gasteiger partial charge in [0.1, 0.15) is 12.0 Å². The fourth-order valence-corrected chi connectivity index (χ4v) is 2.91. The Kier molecular flexibility index (Phi) is 4.63. The van der Waals surface area contributed by atoms with Gasteiger partial charge in [0.25, 0.3) is 0 Å². The van der Waals surface area contributed by atoms with E-state index >= 15 is 0 Å². The van der Waals surface area contributed by atoms with Gasteiger partial charge in [-0.2, -0.15) is 0 Å². The van der Waals surface area contributed by atoms with Gasteiger partial charge in [-0.15, -0.1) is 0 Å². The lowest BCUT2D eigenvalue weighted by atomic mass is 10.1. The topological polar surface area (TPSA) is 67.1 Å². The molecule has 3 rings (SSSR count). The molecule has 0 radical (unpaired) electrons. The first-order chi connectivity index (χ1) is 10.8. The smallest absolute Gasteiger partial charge is 0.157 e. The summed E-state index contributed by atoms with van der Waals surface area (Å²) in [5.41, 5.74) is 7.88. The summed E-state index contributed by atoms with van der Waals surface area (Å²) in [4.78, 5) is 10.9. The predicted octanol–water partition coefficient (Wildman–Crippen LogP) is 3.31. The Labute approximate surface area is 135 Å². The van der Waals surface area contributed by atoms with Gasteiger partial charge in [-0.05, 0) is 30.9 Å². The van der Waals surface area contributed by atoms with Crippen molar-refractivity contribution in [3.8, 4) is 0 Å². The van der Waals surface area contributed by atoms with Crippen LogP contribution in [0.3, 0.4) is 0 Å². The van der Waals surface area contributed by atoms with Gasteiger partial charge in [0.15, 0.2) is 11.6 Å². The second-order valence-electron chi connectivity index (χ2n) is 5.45. The third-order valence-corrected chi connectivity index (χ3v) is 4.29. The summed E-state index contributed by atoms with van der Waals surface area (Å²) in [7, 11) is 0. The molecule has 116 valence electrons. The largest absolute Gasteiger partial charge is 0.393 e. The first kappa shape index (κ1) is 14.9. The number of nitrogens with one attached hydrogen (secondary N) is 1. The molecule has 0 aliphatic carbocycles. The number of piperidine rings is 1. The number of rotatable bonds is 4. The molecule has 0 amide bonds. The lowest BCUT2D eigenvalue weighted by Crippen LogP contribution is -2.31. The summed E-state index contributed by atoms with van der Waals surface area (Å²) >= 11 is 6.17. The molecule has 0 saturated carbocycles. The van der Waals surface area contributed by atoms with Gasteiger partial charge < -0.3 is 16.0 Å². The van der Waals surface area contributed by atoms with Crippen LogP contribution in [0.5, 0.6) is 0 Å². The summed E-state index contributed by atoms with van der Waals surface area (Å²) in [5.74, 6) is 1.49. The van der Waals surface area contributed by atoms with E-state index in [1.54, 1.807) is 6.33 Å². The Hall–Kier alpha value is -2.01. The van der Waals surface area contributed by atoms with Crippen LogP contribution in [0.15, 0.2) is 30.6 Å². The number of aromatic nitrogens is 2. The molecule has 1 aromatic carbocycles. The van der Waals surface area contributed by atoms with E-state index in [1.165, 1.54) is 19.3 Å². The molecule has 5 nitrogen and oxygen atoms in total. The van der Waals surface area contributed by atoms with Gasteiger partial charge in [0.05, 0.1) is 0 Å². The Balaban J connectivity index is 1.75. The molecule has 1 saturated heterocycles. The van der Waals surface area contributed by atoms with Gasteiger partial charge in [-0.3, -0.25) is 0 Å². The molecule has 1 aromatic heterocycles. The molecule has 1 aliphatic heterocycles. The highest BCUT2D eigenvalue weighted by atomic mass is 35.5. The van der Waals surface area contributed by atoms with Crippen LogP contribution < -0.4 is 16.0 Å². The Morgan fingerprint density at radius 1 is 1.14 bits per heavy atom. The van der Waals surface area contributed by atoms with Crippen LogP contribution >= 0.6 is 11.6 Å². The maximum atomic E-state index is 6.25.